The lowest BCUT2D eigenvalue weighted by Gasteiger charge is -2.12. The predicted octanol–water partition coefficient (Wildman–Crippen LogP) is 4.42. The van der Waals surface area contributed by atoms with E-state index < -0.39 is 0 Å². The number of rotatable bonds is 3. The summed E-state index contributed by atoms with van der Waals surface area (Å²) in [4.78, 5) is 0. The van der Waals surface area contributed by atoms with Crippen LogP contribution in [0.3, 0.4) is 0 Å². The first kappa shape index (κ1) is 14.4. The molecule has 3 aromatic rings. The Balaban J connectivity index is 2.32. The Morgan fingerprint density at radius 3 is 2.23 bits per heavy atom. The van der Waals surface area contributed by atoms with Gasteiger partial charge in [-0.1, -0.05) is 49.4 Å². The zero-order valence-electron chi connectivity index (χ0n) is 13.2. The van der Waals surface area contributed by atoms with Crippen molar-refractivity contribution in [1.82, 2.24) is 9.78 Å². The van der Waals surface area contributed by atoms with Crippen molar-refractivity contribution in [3.8, 4) is 22.7 Å². The second-order valence-corrected chi connectivity index (χ2v) is 5.51. The number of aromatic nitrogens is 2. The molecule has 0 amide bonds. The molecule has 22 heavy (non-hydrogen) atoms. The monoisotopic (exact) mass is 292 g/mol. The molecule has 0 saturated heterocycles. The van der Waals surface area contributed by atoms with Crippen LogP contribution in [0.1, 0.15) is 23.7 Å². The molecule has 0 aliphatic heterocycles. The first-order valence-corrected chi connectivity index (χ1v) is 7.56. The number of hydrogen-bond acceptors (Lipinski definition) is 2. The zero-order chi connectivity index (χ0) is 15.7. The summed E-state index contributed by atoms with van der Waals surface area (Å²) in [5, 5.41) is 15.3. The second kappa shape index (κ2) is 5.68. The highest BCUT2D eigenvalue weighted by atomic mass is 16.3. The van der Waals surface area contributed by atoms with E-state index in [1.165, 1.54) is 0 Å². The number of nitrogens with zero attached hydrogens (tertiary/aromatic N) is 2. The molecular weight excluding hydrogens is 272 g/mol. The van der Waals surface area contributed by atoms with Crippen molar-refractivity contribution in [2.75, 3.05) is 0 Å². The van der Waals surface area contributed by atoms with Gasteiger partial charge in [0.25, 0.3) is 0 Å². The SMILES string of the molecule is CCc1nn(-c2ccccc2C)c(-c2ccccc2C)c1O. The van der Waals surface area contributed by atoms with Gasteiger partial charge in [0.2, 0.25) is 0 Å². The molecule has 0 atom stereocenters. The molecule has 0 unspecified atom stereocenters. The number of hydrogen-bond donors (Lipinski definition) is 1. The van der Waals surface area contributed by atoms with Crippen LogP contribution in [0, 0.1) is 13.8 Å². The molecule has 0 spiro atoms. The maximum atomic E-state index is 10.7. The van der Waals surface area contributed by atoms with Crippen LogP contribution in [0.25, 0.3) is 16.9 Å². The summed E-state index contributed by atoms with van der Waals surface area (Å²) in [5.74, 6) is 0.278. The number of aromatic hydroxyl groups is 1. The molecule has 1 heterocycles. The quantitative estimate of drug-likeness (QED) is 0.775. The van der Waals surface area contributed by atoms with Crippen LogP contribution in [0.5, 0.6) is 5.75 Å². The summed E-state index contributed by atoms with van der Waals surface area (Å²) < 4.78 is 1.87. The number of aryl methyl sites for hydroxylation is 3. The summed E-state index contributed by atoms with van der Waals surface area (Å²) in [6, 6.07) is 16.2. The van der Waals surface area contributed by atoms with E-state index in [2.05, 4.69) is 31.1 Å². The number of benzene rings is 2. The highest BCUT2D eigenvalue weighted by molar-refractivity contribution is 5.73. The molecule has 112 valence electrons. The van der Waals surface area contributed by atoms with Gasteiger partial charge in [0.05, 0.1) is 5.69 Å². The van der Waals surface area contributed by atoms with Crippen LogP contribution < -0.4 is 0 Å². The van der Waals surface area contributed by atoms with Gasteiger partial charge in [-0.05, 0) is 37.5 Å². The van der Waals surface area contributed by atoms with Crippen molar-refractivity contribution >= 4 is 0 Å². The summed E-state index contributed by atoms with van der Waals surface area (Å²) in [6.07, 6.45) is 0.698. The van der Waals surface area contributed by atoms with E-state index >= 15 is 0 Å². The van der Waals surface area contributed by atoms with Crippen molar-refractivity contribution < 1.29 is 5.11 Å². The summed E-state index contributed by atoms with van der Waals surface area (Å²) in [5.41, 5.74) is 5.75. The Bertz CT molecular complexity index is 818. The van der Waals surface area contributed by atoms with Gasteiger partial charge in [0.1, 0.15) is 11.4 Å². The van der Waals surface area contributed by atoms with Gasteiger partial charge < -0.3 is 5.11 Å². The van der Waals surface area contributed by atoms with Gasteiger partial charge in [0.15, 0.2) is 5.75 Å². The van der Waals surface area contributed by atoms with Crippen molar-refractivity contribution in [1.29, 1.82) is 0 Å². The summed E-state index contributed by atoms with van der Waals surface area (Å²) in [7, 11) is 0. The molecule has 0 aliphatic rings. The van der Waals surface area contributed by atoms with E-state index in [4.69, 9.17) is 0 Å². The van der Waals surface area contributed by atoms with Crippen LogP contribution in [-0.2, 0) is 6.42 Å². The second-order valence-electron chi connectivity index (χ2n) is 5.51. The van der Waals surface area contributed by atoms with Gasteiger partial charge in [0, 0.05) is 5.56 Å². The third-order valence-electron chi connectivity index (χ3n) is 4.01. The average Bonchev–Trinajstić information content (AvgIpc) is 2.85. The van der Waals surface area contributed by atoms with Crippen molar-refractivity contribution in [3.05, 3.63) is 65.4 Å². The molecule has 0 radical (unpaired) electrons. The fraction of sp³-hybridized carbons (Fsp3) is 0.211. The molecule has 3 heteroatoms. The van der Waals surface area contributed by atoms with E-state index in [-0.39, 0.29) is 5.75 Å². The lowest BCUT2D eigenvalue weighted by Crippen LogP contribution is -2.02. The molecule has 0 bridgehead atoms. The zero-order valence-corrected chi connectivity index (χ0v) is 13.2. The van der Waals surface area contributed by atoms with Crippen molar-refractivity contribution in [2.45, 2.75) is 27.2 Å². The normalized spacial score (nSPS) is 10.9. The van der Waals surface area contributed by atoms with Gasteiger partial charge >= 0.3 is 0 Å². The van der Waals surface area contributed by atoms with Crippen LogP contribution in [0.2, 0.25) is 0 Å². The Labute approximate surface area is 130 Å². The third kappa shape index (κ3) is 2.29. The average molecular weight is 292 g/mol. The van der Waals surface area contributed by atoms with Crippen LogP contribution in [0.15, 0.2) is 48.5 Å². The molecular formula is C19H20N2O. The smallest absolute Gasteiger partial charge is 0.165 e. The Hall–Kier alpha value is -2.55. The van der Waals surface area contributed by atoms with E-state index in [1.807, 2.05) is 48.0 Å². The highest BCUT2D eigenvalue weighted by Gasteiger charge is 2.20. The minimum Gasteiger partial charge on any atom is -0.504 e. The summed E-state index contributed by atoms with van der Waals surface area (Å²) in [6.45, 7) is 6.11. The largest absolute Gasteiger partial charge is 0.504 e. The van der Waals surface area contributed by atoms with E-state index in [9.17, 15) is 5.11 Å². The molecule has 0 saturated carbocycles. The van der Waals surface area contributed by atoms with E-state index in [1.54, 1.807) is 0 Å². The topological polar surface area (TPSA) is 38.0 Å². The fourth-order valence-corrected chi connectivity index (χ4v) is 2.75. The van der Waals surface area contributed by atoms with Crippen LogP contribution >= 0.6 is 0 Å². The molecule has 1 N–H and O–H groups in total. The Morgan fingerprint density at radius 1 is 0.955 bits per heavy atom. The minimum absolute atomic E-state index is 0.278. The predicted molar refractivity (Wildman–Crippen MR) is 89.5 cm³/mol. The lowest BCUT2D eigenvalue weighted by molar-refractivity contribution is 0.471. The fourth-order valence-electron chi connectivity index (χ4n) is 2.75. The van der Waals surface area contributed by atoms with Crippen LogP contribution in [0.4, 0.5) is 0 Å². The lowest BCUT2D eigenvalue weighted by atomic mass is 10.0. The number of para-hydroxylation sites is 1. The third-order valence-corrected chi connectivity index (χ3v) is 4.01. The van der Waals surface area contributed by atoms with Gasteiger partial charge in [-0.3, -0.25) is 0 Å². The molecule has 3 rings (SSSR count). The Morgan fingerprint density at radius 2 is 1.59 bits per heavy atom. The molecule has 3 nitrogen and oxygen atoms in total. The maximum absolute atomic E-state index is 10.7. The molecule has 0 aliphatic carbocycles. The van der Waals surface area contributed by atoms with Gasteiger partial charge in [-0.2, -0.15) is 5.10 Å². The molecule has 2 aromatic carbocycles. The van der Waals surface area contributed by atoms with E-state index in [0.29, 0.717) is 6.42 Å². The standard InChI is InChI=1S/C19H20N2O/c1-4-16-19(22)18(15-11-7-5-9-13(15)2)21(20-16)17-12-8-6-10-14(17)3/h5-12,22H,4H2,1-3H3. The van der Waals surface area contributed by atoms with Crippen molar-refractivity contribution in [2.24, 2.45) is 0 Å². The van der Waals surface area contributed by atoms with E-state index in [0.717, 1.165) is 33.8 Å². The minimum atomic E-state index is 0.278. The van der Waals surface area contributed by atoms with Crippen LogP contribution in [-0.4, -0.2) is 14.9 Å². The van der Waals surface area contributed by atoms with Gasteiger partial charge in [-0.25, -0.2) is 4.68 Å². The Kier molecular flexibility index (Phi) is 3.72. The maximum Gasteiger partial charge on any atom is 0.165 e. The first-order valence-electron chi connectivity index (χ1n) is 7.56. The first-order chi connectivity index (χ1) is 10.6. The van der Waals surface area contributed by atoms with Gasteiger partial charge in [-0.15, -0.1) is 0 Å². The van der Waals surface area contributed by atoms with Crippen molar-refractivity contribution in [3.63, 3.8) is 0 Å². The molecule has 0 fully saturated rings. The molecule has 1 aromatic heterocycles. The highest BCUT2D eigenvalue weighted by Crippen LogP contribution is 2.36. The summed E-state index contributed by atoms with van der Waals surface area (Å²) >= 11 is 0.